The molecule has 2 aromatic rings. The Bertz CT molecular complexity index is 549. The molecule has 0 radical (unpaired) electrons. The highest BCUT2D eigenvalue weighted by atomic mass is 19.1. The van der Waals surface area contributed by atoms with Gasteiger partial charge in [0.1, 0.15) is 12.4 Å². The number of rotatable bonds is 3. The molecule has 0 aliphatic heterocycles. The topological polar surface area (TPSA) is 52.5 Å². The van der Waals surface area contributed by atoms with Crippen LogP contribution in [0.5, 0.6) is 0 Å². The van der Waals surface area contributed by atoms with Crippen LogP contribution in [0, 0.1) is 18.3 Å². The molecular formula is C13H12FN3. The summed E-state index contributed by atoms with van der Waals surface area (Å²) >= 11 is 0. The Morgan fingerprint density at radius 2 is 2.06 bits per heavy atom. The molecule has 3 nitrogen and oxygen atoms in total. The molecule has 0 saturated heterocycles. The van der Waals surface area contributed by atoms with E-state index in [0.29, 0.717) is 12.1 Å². The van der Waals surface area contributed by atoms with Gasteiger partial charge in [0.05, 0.1) is 12.5 Å². The van der Waals surface area contributed by atoms with Gasteiger partial charge in [0, 0.05) is 11.3 Å². The molecule has 1 heterocycles. The monoisotopic (exact) mass is 229 g/mol. The quantitative estimate of drug-likeness (QED) is 0.879. The molecule has 86 valence electrons. The van der Waals surface area contributed by atoms with E-state index >= 15 is 0 Å². The first kappa shape index (κ1) is 11.3. The number of nitrogens with one attached hydrogen (secondary N) is 1. The summed E-state index contributed by atoms with van der Waals surface area (Å²) < 4.78 is 12.8. The summed E-state index contributed by atoms with van der Waals surface area (Å²) in [6.45, 7) is 1.28. The maximum absolute atomic E-state index is 12.8. The van der Waals surface area contributed by atoms with Crippen molar-refractivity contribution in [2.45, 2.75) is 20.0 Å². The van der Waals surface area contributed by atoms with Crippen LogP contribution in [0.2, 0.25) is 0 Å². The molecule has 0 aliphatic carbocycles. The zero-order valence-corrected chi connectivity index (χ0v) is 9.50. The highest BCUT2D eigenvalue weighted by Crippen LogP contribution is 2.26. The molecule has 0 aliphatic rings. The predicted molar refractivity (Wildman–Crippen MR) is 62.9 cm³/mol. The smallest absolute Gasteiger partial charge is 0.134 e. The van der Waals surface area contributed by atoms with Crippen LogP contribution in [0.1, 0.15) is 17.0 Å². The molecule has 17 heavy (non-hydrogen) atoms. The maximum atomic E-state index is 12.8. The molecule has 2 rings (SSSR count). The van der Waals surface area contributed by atoms with Gasteiger partial charge in [0.25, 0.3) is 0 Å². The zero-order valence-electron chi connectivity index (χ0n) is 9.50. The molecule has 0 bridgehead atoms. The van der Waals surface area contributed by atoms with Gasteiger partial charge < -0.3 is 0 Å². The zero-order chi connectivity index (χ0) is 12.3. The molecule has 1 N–H and O–H groups in total. The molecule has 0 fully saturated rings. The van der Waals surface area contributed by atoms with E-state index in [9.17, 15) is 4.39 Å². The molecule has 0 atom stereocenters. The highest BCUT2D eigenvalue weighted by molar-refractivity contribution is 5.68. The number of hydrogen-bond donors (Lipinski definition) is 1. The molecule has 0 amide bonds. The fourth-order valence-corrected chi connectivity index (χ4v) is 1.84. The minimum atomic E-state index is -0.584. The third-order valence-electron chi connectivity index (χ3n) is 2.67. The van der Waals surface area contributed by atoms with Crippen molar-refractivity contribution >= 4 is 0 Å². The van der Waals surface area contributed by atoms with Crippen LogP contribution in [0.3, 0.4) is 0 Å². The SMILES string of the molecule is Cc1[nH]nc(CF)c1-c1ccc(CC#N)cc1. The minimum Gasteiger partial charge on any atom is -0.282 e. The van der Waals surface area contributed by atoms with Crippen LogP contribution in [0.15, 0.2) is 24.3 Å². The number of aryl methyl sites for hydroxylation is 1. The molecular weight excluding hydrogens is 217 g/mol. The van der Waals surface area contributed by atoms with E-state index < -0.39 is 6.67 Å². The van der Waals surface area contributed by atoms with E-state index in [-0.39, 0.29) is 0 Å². The van der Waals surface area contributed by atoms with Crippen LogP contribution < -0.4 is 0 Å². The van der Waals surface area contributed by atoms with Gasteiger partial charge in [-0.2, -0.15) is 10.4 Å². The van der Waals surface area contributed by atoms with E-state index in [4.69, 9.17) is 5.26 Å². The van der Waals surface area contributed by atoms with Crippen molar-refractivity contribution in [1.82, 2.24) is 10.2 Å². The van der Waals surface area contributed by atoms with Gasteiger partial charge in [0.2, 0.25) is 0 Å². The average molecular weight is 229 g/mol. The number of aromatic nitrogens is 2. The number of hydrogen-bond acceptors (Lipinski definition) is 2. The minimum absolute atomic E-state index is 0.390. The van der Waals surface area contributed by atoms with Crippen LogP contribution in [-0.2, 0) is 13.1 Å². The van der Waals surface area contributed by atoms with Gasteiger partial charge in [-0.25, -0.2) is 4.39 Å². The molecule has 0 spiro atoms. The number of nitrogens with zero attached hydrogens (tertiary/aromatic N) is 2. The summed E-state index contributed by atoms with van der Waals surface area (Å²) in [7, 11) is 0. The van der Waals surface area contributed by atoms with Crippen LogP contribution >= 0.6 is 0 Å². The summed E-state index contributed by atoms with van der Waals surface area (Å²) in [4.78, 5) is 0. The Morgan fingerprint density at radius 3 is 2.65 bits per heavy atom. The molecule has 1 aromatic heterocycles. The highest BCUT2D eigenvalue weighted by Gasteiger charge is 2.11. The largest absolute Gasteiger partial charge is 0.282 e. The lowest BCUT2D eigenvalue weighted by atomic mass is 10.0. The fraction of sp³-hybridized carbons (Fsp3) is 0.231. The normalized spacial score (nSPS) is 10.2. The molecule has 0 unspecified atom stereocenters. The third-order valence-corrected chi connectivity index (χ3v) is 2.67. The number of halogens is 1. The molecule has 1 aromatic carbocycles. The first-order valence-electron chi connectivity index (χ1n) is 5.32. The maximum Gasteiger partial charge on any atom is 0.134 e. The van der Waals surface area contributed by atoms with Crippen molar-refractivity contribution < 1.29 is 4.39 Å². The van der Waals surface area contributed by atoms with Crippen molar-refractivity contribution in [1.29, 1.82) is 5.26 Å². The van der Waals surface area contributed by atoms with E-state index in [1.54, 1.807) is 0 Å². The summed E-state index contributed by atoms with van der Waals surface area (Å²) in [5.41, 5.74) is 3.97. The van der Waals surface area contributed by atoms with Gasteiger partial charge in [-0.1, -0.05) is 24.3 Å². The molecule has 4 heteroatoms. The number of H-pyrrole nitrogens is 1. The summed E-state index contributed by atoms with van der Waals surface area (Å²) in [5.74, 6) is 0. The van der Waals surface area contributed by atoms with Gasteiger partial charge >= 0.3 is 0 Å². The van der Waals surface area contributed by atoms with Crippen molar-refractivity contribution in [2.24, 2.45) is 0 Å². The second kappa shape index (κ2) is 4.79. The Balaban J connectivity index is 2.40. The Morgan fingerprint density at radius 1 is 1.35 bits per heavy atom. The van der Waals surface area contributed by atoms with Crippen LogP contribution in [0.4, 0.5) is 4.39 Å². The number of nitriles is 1. The van der Waals surface area contributed by atoms with E-state index in [1.165, 1.54) is 0 Å². The average Bonchev–Trinajstić information content (AvgIpc) is 2.72. The third kappa shape index (κ3) is 2.18. The van der Waals surface area contributed by atoms with Crippen molar-refractivity contribution in [2.75, 3.05) is 0 Å². The van der Waals surface area contributed by atoms with Gasteiger partial charge in [-0.3, -0.25) is 5.10 Å². The summed E-state index contributed by atoms with van der Waals surface area (Å²) in [6, 6.07) is 9.64. The number of benzene rings is 1. The summed E-state index contributed by atoms with van der Waals surface area (Å²) in [6.07, 6.45) is 0.390. The van der Waals surface area contributed by atoms with Crippen molar-refractivity contribution in [3.05, 3.63) is 41.2 Å². The lowest BCUT2D eigenvalue weighted by Crippen LogP contribution is -1.87. The Hall–Kier alpha value is -2.15. The first-order chi connectivity index (χ1) is 8.26. The lowest BCUT2D eigenvalue weighted by Gasteiger charge is -2.03. The van der Waals surface area contributed by atoms with Gasteiger partial charge in [-0.15, -0.1) is 0 Å². The van der Waals surface area contributed by atoms with E-state index in [0.717, 1.165) is 22.4 Å². The predicted octanol–water partition coefficient (Wildman–Crippen LogP) is 2.92. The number of alkyl halides is 1. The second-order valence-corrected chi connectivity index (χ2v) is 3.84. The lowest BCUT2D eigenvalue weighted by molar-refractivity contribution is 0.476. The van der Waals surface area contributed by atoms with Crippen molar-refractivity contribution in [3.63, 3.8) is 0 Å². The van der Waals surface area contributed by atoms with Gasteiger partial charge in [-0.05, 0) is 18.1 Å². The second-order valence-electron chi connectivity index (χ2n) is 3.84. The van der Waals surface area contributed by atoms with Crippen LogP contribution in [0.25, 0.3) is 11.1 Å². The molecule has 0 saturated carbocycles. The standard InChI is InChI=1S/C13H12FN3/c1-9-13(12(8-14)17-16-9)11-4-2-10(3-5-11)6-7-15/h2-5H,6,8H2,1H3,(H,16,17). The first-order valence-corrected chi connectivity index (χ1v) is 5.32. The van der Waals surface area contributed by atoms with E-state index in [1.807, 2.05) is 31.2 Å². The number of aromatic amines is 1. The van der Waals surface area contributed by atoms with Crippen molar-refractivity contribution in [3.8, 4) is 17.2 Å². The Labute approximate surface area is 98.9 Å². The fourth-order valence-electron chi connectivity index (χ4n) is 1.84. The van der Waals surface area contributed by atoms with Crippen LogP contribution in [-0.4, -0.2) is 10.2 Å². The summed E-state index contributed by atoms with van der Waals surface area (Å²) in [5, 5.41) is 15.3. The van der Waals surface area contributed by atoms with E-state index in [2.05, 4.69) is 16.3 Å². The van der Waals surface area contributed by atoms with Gasteiger partial charge in [0.15, 0.2) is 0 Å². The Kier molecular flexibility index (Phi) is 3.20.